The highest BCUT2D eigenvalue weighted by molar-refractivity contribution is 5.77. The van der Waals surface area contributed by atoms with Crippen LogP contribution in [0.15, 0.2) is 18.2 Å². The zero-order valence-electron chi connectivity index (χ0n) is 11.6. The summed E-state index contributed by atoms with van der Waals surface area (Å²) in [5.74, 6) is 0.713. The van der Waals surface area contributed by atoms with Crippen LogP contribution in [0.5, 0.6) is 5.75 Å². The van der Waals surface area contributed by atoms with E-state index in [9.17, 15) is 4.79 Å². The third-order valence-corrected chi connectivity index (χ3v) is 2.98. The van der Waals surface area contributed by atoms with E-state index < -0.39 is 0 Å². The quantitative estimate of drug-likeness (QED) is 0.868. The Hall–Kier alpha value is -1.55. The number of hydrogen-bond acceptors (Lipinski definition) is 3. The number of hydrogen-bond donors (Lipinski definition) is 1. The van der Waals surface area contributed by atoms with Gasteiger partial charge in [-0.1, -0.05) is 12.1 Å². The van der Waals surface area contributed by atoms with E-state index in [1.54, 1.807) is 11.9 Å². The first kappa shape index (κ1) is 14.5. The van der Waals surface area contributed by atoms with Gasteiger partial charge in [0.25, 0.3) is 5.91 Å². The summed E-state index contributed by atoms with van der Waals surface area (Å²) in [4.78, 5) is 13.2. The number of aryl methyl sites for hydroxylation is 1. The van der Waals surface area contributed by atoms with Crippen LogP contribution in [0.2, 0.25) is 0 Å². The van der Waals surface area contributed by atoms with Gasteiger partial charge < -0.3 is 15.4 Å². The molecule has 1 aromatic carbocycles. The Morgan fingerprint density at radius 2 is 2.17 bits per heavy atom. The van der Waals surface area contributed by atoms with Gasteiger partial charge in [0.2, 0.25) is 0 Å². The van der Waals surface area contributed by atoms with Gasteiger partial charge in [-0.2, -0.15) is 0 Å². The van der Waals surface area contributed by atoms with Gasteiger partial charge in [0.1, 0.15) is 5.75 Å². The molecular formula is C14H22N2O2. The van der Waals surface area contributed by atoms with Gasteiger partial charge in [0.05, 0.1) is 0 Å². The maximum Gasteiger partial charge on any atom is 0.260 e. The minimum Gasteiger partial charge on any atom is -0.484 e. The van der Waals surface area contributed by atoms with Crippen molar-refractivity contribution in [3.8, 4) is 5.75 Å². The Labute approximate surface area is 109 Å². The molecule has 1 atom stereocenters. The van der Waals surface area contributed by atoms with Crippen molar-refractivity contribution in [1.29, 1.82) is 0 Å². The largest absolute Gasteiger partial charge is 0.484 e. The van der Waals surface area contributed by atoms with Gasteiger partial charge in [-0.05, 0) is 38.0 Å². The predicted octanol–water partition coefficient (Wildman–Crippen LogP) is 1.87. The first-order valence-electron chi connectivity index (χ1n) is 6.18. The maximum absolute atomic E-state index is 11.6. The number of amides is 1. The second kappa shape index (κ2) is 6.40. The van der Waals surface area contributed by atoms with E-state index in [4.69, 9.17) is 10.5 Å². The number of benzene rings is 1. The molecule has 4 nitrogen and oxygen atoms in total. The highest BCUT2D eigenvalue weighted by Crippen LogP contribution is 2.21. The maximum atomic E-state index is 11.6. The summed E-state index contributed by atoms with van der Waals surface area (Å²) < 4.78 is 5.52. The van der Waals surface area contributed by atoms with Crippen molar-refractivity contribution in [1.82, 2.24) is 4.90 Å². The molecule has 1 aromatic rings. The van der Waals surface area contributed by atoms with Crippen LogP contribution in [-0.2, 0) is 4.79 Å². The molecule has 4 heteroatoms. The van der Waals surface area contributed by atoms with Gasteiger partial charge in [-0.25, -0.2) is 0 Å². The number of ether oxygens (including phenoxy) is 1. The molecule has 1 amide bonds. The van der Waals surface area contributed by atoms with Gasteiger partial charge in [-0.15, -0.1) is 0 Å². The van der Waals surface area contributed by atoms with E-state index in [1.165, 1.54) is 0 Å². The SMILES string of the molecule is CCN(C)C(=O)COc1ccc(C(C)N)cc1C. The van der Waals surface area contributed by atoms with Crippen molar-refractivity contribution in [3.63, 3.8) is 0 Å². The molecule has 0 saturated carbocycles. The summed E-state index contributed by atoms with van der Waals surface area (Å²) in [6, 6.07) is 5.80. The highest BCUT2D eigenvalue weighted by Gasteiger charge is 2.09. The molecule has 1 rings (SSSR count). The van der Waals surface area contributed by atoms with Crippen LogP contribution in [0.3, 0.4) is 0 Å². The number of rotatable bonds is 5. The fraction of sp³-hybridized carbons (Fsp3) is 0.500. The average molecular weight is 250 g/mol. The normalized spacial score (nSPS) is 12.1. The van der Waals surface area contributed by atoms with Crippen LogP contribution in [0.4, 0.5) is 0 Å². The molecule has 0 aromatic heterocycles. The Morgan fingerprint density at radius 3 is 2.67 bits per heavy atom. The van der Waals surface area contributed by atoms with Crippen LogP contribution in [0, 0.1) is 6.92 Å². The van der Waals surface area contributed by atoms with Crippen LogP contribution in [-0.4, -0.2) is 31.0 Å². The number of nitrogens with zero attached hydrogens (tertiary/aromatic N) is 1. The lowest BCUT2D eigenvalue weighted by atomic mass is 10.1. The zero-order valence-corrected chi connectivity index (χ0v) is 11.6. The lowest BCUT2D eigenvalue weighted by molar-refractivity contribution is -0.131. The van der Waals surface area contributed by atoms with E-state index in [0.29, 0.717) is 6.54 Å². The third kappa shape index (κ3) is 3.74. The molecular weight excluding hydrogens is 228 g/mol. The van der Waals surface area contributed by atoms with Crippen LogP contribution < -0.4 is 10.5 Å². The number of nitrogens with two attached hydrogens (primary N) is 1. The lowest BCUT2D eigenvalue weighted by Crippen LogP contribution is -2.31. The number of carbonyl (C=O) groups excluding carboxylic acids is 1. The number of carbonyl (C=O) groups is 1. The molecule has 0 heterocycles. The predicted molar refractivity (Wildman–Crippen MR) is 72.6 cm³/mol. The third-order valence-electron chi connectivity index (χ3n) is 2.98. The van der Waals surface area contributed by atoms with Gasteiger partial charge in [0.15, 0.2) is 6.61 Å². The van der Waals surface area contributed by atoms with Crippen LogP contribution >= 0.6 is 0 Å². The molecule has 18 heavy (non-hydrogen) atoms. The Kier molecular flexibility index (Phi) is 5.16. The molecule has 2 N–H and O–H groups in total. The summed E-state index contributed by atoms with van der Waals surface area (Å²) >= 11 is 0. The fourth-order valence-corrected chi connectivity index (χ4v) is 1.54. The molecule has 0 aliphatic carbocycles. The van der Waals surface area contributed by atoms with E-state index >= 15 is 0 Å². The molecule has 100 valence electrons. The monoisotopic (exact) mass is 250 g/mol. The zero-order chi connectivity index (χ0) is 13.7. The molecule has 0 aliphatic rings. The minimum atomic E-state index is -0.0202. The van der Waals surface area contributed by atoms with Crippen LogP contribution in [0.25, 0.3) is 0 Å². The van der Waals surface area contributed by atoms with Crippen molar-refractivity contribution < 1.29 is 9.53 Å². The fourth-order valence-electron chi connectivity index (χ4n) is 1.54. The summed E-state index contributed by atoms with van der Waals surface area (Å²) in [5, 5.41) is 0. The molecule has 0 bridgehead atoms. The van der Waals surface area contributed by atoms with Gasteiger partial charge >= 0.3 is 0 Å². The van der Waals surface area contributed by atoms with E-state index in [1.807, 2.05) is 39.0 Å². The summed E-state index contributed by atoms with van der Waals surface area (Å²) in [7, 11) is 1.76. The Balaban J connectivity index is 2.66. The van der Waals surface area contributed by atoms with E-state index in [0.717, 1.165) is 16.9 Å². The molecule has 0 radical (unpaired) electrons. The van der Waals surface area contributed by atoms with Crippen molar-refractivity contribution in [2.24, 2.45) is 5.73 Å². The van der Waals surface area contributed by atoms with E-state index in [-0.39, 0.29) is 18.6 Å². The van der Waals surface area contributed by atoms with Gasteiger partial charge in [-0.3, -0.25) is 4.79 Å². The molecule has 0 saturated heterocycles. The topological polar surface area (TPSA) is 55.6 Å². The van der Waals surface area contributed by atoms with Crippen molar-refractivity contribution in [2.75, 3.05) is 20.2 Å². The second-order valence-electron chi connectivity index (χ2n) is 4.51. The van der Waals surface area contributed by atoms with Crippen molar-refractivity contribution in [3.05, 3.63) is 29.3 Å². The first-order valence-corrected chi connectivity index (χ1v) is 6.18. The standard InChI is InChI=1S/C14H22N2O2/c1-5-16(4)14(17)9-18-13-7-6-12(11(3)15)8-10(13)2/h6-8,11H,5,9,15H2,1-4H3. The Bertz CT molecular complexity index is 416. The summed E-state index contributed by atoms with van der Waals surface area (Å²) in [6.07, 6.45) is 0. The summed E-state index contributed by atoms with van der Waals surface area (Å²) in [5.41, 5.74) is 7.87. The molecule has 0 aliphatic heterocycles. The minimum absolute atomic E-state index is 0.00519. The molecule has 0 fully saturated rings. The van der Waals surface area contributed by atoms with Crippen molar-refractivity contribution in [2.45, 2.75) is 26.8 Å². The molecule has 1 unspecified atom stereocenters. The Morgan fingerprint density at radius 1 is 1.50 bits per heavy atom. The first-order chi connectivity index (χ1) is 8.45. The smallest absolute Gasteiger partial charge is 0.260 e. The average Bonchev–Trinajstić information content (AvgIpc) is 2.35. The summed E-state index contributed by atoms with van der Waals surface area (Å²) in [6.45, 7) is 6.58. The van der Waals surface area contributed by atoms with Crippen LogP contribution in [0.1, 0.15) is 31.0 Å². The van der Waals surface area contributed by atoms with Gasteiger partial charge in [0, 0.05) is 19.6 Å². The van der Waals surface area contributed by atoms with E-state index in [2.05, 4.69) is 0 Å². The molecule has 0 spiro atoms. The number of likely N-dealkylation sites (N-methyl/N-ethyl adjacent to an activating group) is 1. The highest BCUT2D eigenvalue weighted by atomic mass is 16.5. The second-order valence-corrected chi connectivity index (χ2v) is 4.51. The van der Waals surface area contributed by atoms with Crippen molar-refractivity contribution >= 4 is 5.91 Å². The lowest BCUT2D eigenvalue weighted by Gasteiger charge is -2.16.